The first kappa shape index (κ1) is 15.3. The molecule has 2 nitrogen and oxygen atoms in total. The monoisotopic (exact) mass is 326 g/mol. The summed E-state index contributed by atoms with van der Waals surface area (Å²) < 4.78 is 0. The van der Waals surface area contributed by atoms with E-state index in [1.54, 1.807) is 0 Å². The van der Waals surface area contributed by atoms with Crippen LogP contribution in [0.25, 0.3) is 0 Å². The van der Waals surface area contributed by atoms with Gasteiger partial charge < -0.3 is 0 Å². The van der Waals surface area contributed by atoms with Gasteiger partial charge in [-0.2, -0.15) is 0 Å². The lowest BCUT2D eigenvalue weighted by Gasteiger charge is -2.58. The Hall–Kier alpha value is -0.920. The minimum Gasteiger partial charge on any atom is -0.299 e. The summed E-state index contributed by atoms with van der Waals surface area (Å²) in [7, 11) is 0. The van der Waals surface area contributed by atoms with E-state index in [0.29, 0.717) is 28.8 Å². The van der Waals surface area contributed by atoms with Crippen molar-refractivity contribution in [2.45, 2.75) is 78.1 Å². The molecule has 1 spiro atoms. The van der Waals surface area contributed by atoms with E-state index in [1.165, 1.54) is 31.3 Å². The van der Waals surface area contributed by atoms with Gasteiger partial charge in [-0.1, -0.05) is 19.4 Å². The van der Waals surface area contributed by atoms with Gasteiger partial charge in [-0.25, -0.2) is 0 Å². The maximum atomic E-state index is 13.0. The van der Waals surface area contributed by atoms with Crippen molar-refractivity contribution < 1.29 is 9.59 Å². The van der Waals surface area contributed by atoms with Crippen molar-refractivity contribution in [3.8, 4) is 0 Å². The number of rotatable bonds is 0. The third-order valence-electron chi connectivity index (χ3n) is 9.53. The zero-order chi connectivity index (χ0) is 16.7. The van der Waals surface area contributed by atoms with Gasteiger partial charge >= 0.3 is 0 Å². The molecule has 0 amide bonds. The van der Waals surface area contributed by atoms with Gasteiger partial charge in [-0.15, -0.1) is 0 Å². The van der Waals surface area contributed by atoms with Crippen molar-refractivity contribution >= 4 is 11.6 Å². The summed E-state index contributed by atoms with van der Waals surface area (Å²) in [6.07, 6.45) is 12.9. The summed E-state index contributed by atoms with van der Waals surface area (Å²) in [5.41, 5.74) is 1.99. The van der Waals surface area contributed by atoms with E-state index in [1.807, 2.05) is 6.08 Å². The molecule has 0 radical (unpaired) electrons. The lowest BCUT2D eigenvalue weighted by atomic mass is 9.45. The lowest BCUT2D eigenvalue weighted by molar-refractivity contribution is -0.142. The van der Waals surface area contributed by atoms with Gasteiger partial charge in [-0.3, -0.25) is 9.59 Å². The van der Waals surface area contributed by atoms with Gasteiger partial charge in [-0.05, 0) is 86.0 Å². The Balaban J connectivity index is 1.55. The fourth-order valence-electron chi connectivity index (χ4n) is 8.25. The first-order valence-corrected chi connectivity index (χ1v) is 10.2. The van der Waals surface area contributed by atoms with E-state index < -0.39 is 0 Å². The average Bonchev–Trinajstić information content (AvgIpc) is 2.99. The minimum absolute atomic E-state index is 0.0240. The first-order chi connectivity index (χ1) is 11.4. The highest BCUT2D eigenvalue weighted by atomic mass is 16.1. The van der Waals surface area contributed by atoms with Crippen LogP contribution in [0.4, 0.5) is 0 Å². The second-order valence-corrected chi connectivity index (χ2v) is 10.0. The van der Waals surface area contributed by atoms with Gasteiger partial charge in [0.15, 0.2) is 5.78 Å². The van der Waals surface area contributed by atoms with Crippen molar-refractivity contribution in [2.24, 2.45) is 34.0 Å². The number of allylic oxidation sites excluding steroid dienone is 1. The third-order valence-corrected chi connectivity index (χ3v) is 9.53. The Morgan fingerprint density at radius 1 is 0.875 bits per heavy atom. The van der Waals surface area contributed by atoms with Crippen molar-refractivity contribution in [1.82, 2.24) is 0 Å². The Labute approximate surface area is 145 Å². The molecule has 4 fully saturated rings. The quantitative estimate of drug-likeness (QED) is 0.636. The fraction of sp³-hybridized carbons (Fsp3) is 0.818. The number of carbonyl (C=O) groups excluding carboxylic acids is 2. The van der Waals surface area contributed by atoms with E-state index in [-0.39, 0.29) is 10.8 Å². The Morgan fingerprint density at radius 3 is 2.50 bits per heavy atom. The van der Waals surface area contributed by atoms with Crippen LogP contribution >= 0.6 is 0 Å². The van der Waals surface area contributed by atoms with E-state index in [9.17, 15) is 9.59 Å². The molecule has 3 unspecified atom stereocenters. The Morgan fingerprint density at radius 2 is 1.67 bits per heavy atom. The van der Waals surface area contributed by atoms with E-state index in [0.717, 1.165) is 44.4 Å². The SMILES string of the molecule is C[C@]12CCC(=O)[C@]13CCC1C(CCC4=CC(=O)CC[C@@]41C)C3CC2. The van der Waals surface area contributed by atoms with Gasteiger partial charge in [0.2, 0.25) is 0 Å². The van der Waals surface area contributed by atoms with Crippen LogP contribution in [-0.4, -0.2) is 11.6 Å². The summed E-state index contributed by atoms with van der Waals surface area (Å²) >= 11 is 0. The molecule has 0 bridgehead atoms. The van der Waals surface area contributed by atoms with Crippen LogP contribution in [0, 0.1) is 34.0 Å². The lowest BCUT2D eigenvalue weighted by Crippen LogP contribution is -2.54. The van der Waals surface area contributed by atoms with Crippen LogP contribution in [0.3, 0.4) is 0 Å². The third kappa shape index (κ3) is 1.59. The van der Waals surface area contributed by atoms with Crippen LogP contribution in [0.2, 0.25) is 0 Å². The molecule has 0 heterocycles. The number of fused-ring (bicyclic) bond motifs is 4. The van der Waals surface area contributed by atoms with Crippen molar-refractivity contribution in [3.63, 3.8) is 0 Å². The van der Waals surface area contributed by atoms with Crippen LogP contribution in [0.15, 0.2) is 11.6 Å². The highest BCUT2D eigenvalue weighted by Gasteiger charge is 2.69. The number of Topliss-reactive ketones (excluding diaryl/α,β-unsaturated/α-hetero) is 1. The van der Waals surface area contributed by atoms with Gasteiger partial charge in [0.25, 0.3) is 0 Å². The van der Waals surface area contributed by atoms with Crippen molar-refractivity contribution in [3.05, 3.63) is 11.6 Å². The maximum Gasteiger partial charge on any atom is 0.155 e. The molecule has 2 heteroatoms. The molecule has 0 aromatic rings. The second kappa shape index (κ2) is 4.62. The molecule has 5 aliphatic rings. The maximum absolute atomic E-state index is 13.0. The second-order valence-electron chi connectivity index (χ2n) is 10.0. The molecule has 0 aromatic carbocycles. The number of hydrogen-bond donors (Lipinski definition) is 0. The zero-order valence-corrected chi connectivity index (χ0v) is 15.2. The zero-order valence-electron chi connectivity index (χ0n) is 15.2. The normalized spacial score (nSPS) is 53.1. The molecule has 24 heavy (non-hydrogen) atoms. The highest BCUT2D eigenvalue weighted by molar-refractivity contribution is 5.92. The molecule has 0 aromatic heterocycles. The smallest absolute Gasteiger partial charge is 0.155 e. The molecule has 5 aliphatic carbocycles. The number of hydrogen-bond acceptors (Lipinski definition) is 2. The standard InChI is InChI=1S/C22H30O2/c1-20-9-6-18-16-4-3-14-13-15(23)5-11-21(14,2)17(16)7-12-22(18,20)19(24)8-10-20/h13,16-18H,3-12H2,1-2H3/t16?,17?,18?,20-,21-,22+/m0/s1. The summed E-state index contributed by atoms with van der Waals surface area (Å²) in [6.45, 7) is 4.86. The van der Waals surface area contributed by atoms with Crippen molar-refractivity contribution in [1.29, 1.82) is 0 Å². The highest BCUT2D eigenvalue weighted by Crippen LogP contribution is 2.73. The molecule has 130 valence electrons. The molecule has 0 aliphatic heterocycles. The fourth-order valence-corrected chi connectivity index (χ4v) is 8.25. The van der Waals surface area contributed by atoms with Crippen LogP contribution in [-0.2, 0) is 9.59 Å². The van der Waals surface area contributed by atoms with E-state index in [2.05, 4.69) is 13.8 Å². The van der Waals surface area contributed by atoms with Crippen LogP contribution in [0.1, 0.15) is 78.1 Å². The van der Waals surface area contributed by atoms with Gasteiger partial charge in [0.05, 0.1) is 0 Å². The van der Waals surface area contributed by atoms with E-state index >= 15 is 0 Å². The number of ketones is 2. The molecule has 6 atom stereocenters. The summed E-state index contributed by atoms with van der Waals surface area (Å²) in [5.74, 6) is 3.01. The predicted molar refractivity (Wildman–Crippen MR) is 93.4 cm³/mol. The predicted octanol–water partition coefficient (Wildman–Crippen LogP) is 4.87. The largest absolute Gasteiger partial charge is 0.299 e. The average molecular weight is 326 g/mol. The Bertz CT molecular complexity index is 661. The molecule has 0 N–H and O–H groups in total. The molecule has 5 rings (SSSR count). The molecular formula is C22H30O2. The van der Waals surface area contributed by atoms with E-state index in [4.69, 9.17) is 0 Å². The first-order valence-electron chi connectivity index (χ1n) is 10.2. The van der Waals surface area contributed by atoms with Crippen molar-refractivity contribution in [2.75, 3.05) is 0 Å². The van der Waals surface area contributed by atoms with Crippen LogP contribution in [0.5, 0.6) is 0 Å². The van der Waals surface area contributed by atoms with Crippen LogP contribution < -0.4 is 0 Å². The summed E-state index contributed by atoms with van der Waals surface area (Å²) in [6, 6.07) is 0. The molecule has 4 saturated carbocycles. The molecular weight excluding hydrogens is 296 g/mol. The summed E-state index contributed by atoms with van der Waals surface area (Å²) in [5, 5.41) is 0. The number of carbonyl (C=O) groups is 2. The minimum atomic E-state index is 0.0240. The molecule has 0 saturated heterocycles. The Kier molecular flexibility index (Phi) is 2.95. The topological polar surface area (TPSA) is 34.1 Å². The van der Waals surface area contributed by atoms with Gasteiger partial charge in [0, 0.05) is 18.3 Å². The van der Waals surface area contributed by atoms with Gasteiger partial charge in [0.1, 0.15) is 5.78 Å². The summed E-state index contributed by atoms with van der Waals surface area (Å²) in [4.78, 5) is 25.0.